The number of nitrogens with zero attached hydrogens (tertiary/aromatic N) is 1. The maximum absolute atomic E-state index is 13.4. The van der Waals surface area contributed by atoms with E-state index in [2.05, 4.69) is 5.32 Å². The van der Waals surface area contributed by atoms with Gasteiger partial charge in [0.2, 0.25) is 0 Å². The number of carbonyl (C=O) groups is 1. The second-order valence-electron chi connectivity index (χ2n) is 3.20. The van der Waals surface area contributed by atoms with Crippen molar-refractivity contribution in [3.63, 3.8) is 0 Å². The van der Waals surface area contributed by atoms with Gasteiger partial charge in [-0.15, -0.1) is 0 Å². The van der Waals surface area contributed by atoms with Crippen LogP contribution in [0.25, 0.3) is 0 Å². The SMILES string of the molecule is N#Cc1ccc(C(=O)NCCCN)c(F)c1. The van der Waals surface area contributed by atoms with E-state index in [9.17, 15) is 9.18 Å². The highest BCUT2D eigenvalue weighted by Crippen LogP contribution is 2.09. The highest BCUT2D eigenvalue weighted by atomic mass is 19.1. The van der Waals surface area contributed by atoms with Crippen molar-refractivity contribution in [1.29, 1.82) is 5.26 Å². The fourth-order valence-corrected chi connectivity index (χ4v) is 1.17. The quantitative estimate of drug-likeness (QED) is 0.737. The summed E-state index contributed by atoms with van der Waals surface area (Å²) in [6.07, 6.45) is 0.642. The van der Waals surface area contributed by atoms with Crippen LogP contribution >= 0.6 is 0 Å². The van der Waals surface area contributed by atoms with Crippen LogP contribution in [0.3, 0.4) is 0 Å². The van der Waals surface area contributed by atoms with E-state index >= 15 is 0 Å². The molecule has 0 aliphatic carbocycles. The van der Waals surface area contributed by atoms with Gasteiger partial charge in [0.05, 0.1) is 17.2 Å². The van der Waals surface area contributed by atoms with E-state index in [-0.39, 0.29) is 11.1 Å². The predicted octanol–water partition coefficient (Wildman–Crippen LogP) is 0.776. The summed E-state index contributed by atoms with van der Waals surface area (Å²) in [5.74, 6) is -1.18. The first-order chi connectivity index (χ1) is 7.69. The summed E-state index contributed by atoms with van der Waals surface area (Å²) < 4.78 is 13.4. The van der Waals surface area contributed by atoms with Crippen molar-refractivity contribution >= 4 is 5.91 Å². The Hall–Kier alpha value is -1.93. The van der Waals surface area contributed by atoms with Gasteiger partial charge >= 0.3 is 0 Å². The van der Waals surface area contributed by atoms with Crippen LogP contribution in [-0.2, 0) is 0 Å². The van der Waals surface area contributed by atoms with Crippen molar-refractivity contribution in [2.24, 2.45) is 5.73 Å². The first-order valence-corrected chi connectivity index (χ1v) is 4.87. The molecule has 0 spiro atoms. The van der Waals surface area contributed by atoms with Crippen LogP contribution in [-0.4, -0.2) is 19.0 Å². The van der Waals surface area contributed by atoms with Crippen LogP contribution in [0.4, 0.5) is 4.39 Å². The first kappa shape index (κ1) is 12.1. The van der Waals surface area contributed by atoms with Crippen LogP contribution in [0.5, 0.6) is 0 Å². The van der Waals surface area contributed by atoms with Crippen molar-refractivity contribution in [2.75, 3.05) is 13.1 Å². The molecule has 3 N–H and O–H groups in total. The number of carbonyl (C=O) groups excluding carboxylic acids is 1. The Morgan fingerprint density at radius 1 is 1.56 bits per heavy atom. The standard InChI is InChI=1S/C11H12FN3O/c12-10-6-8(7-14)2-3-9(10)11(16)15-5-1-4-13/h2-3,6H,1,4-5,13H2,(H,15,16). The van der Waals surface area contributed by atoms with Gasteiger partial charge in [0, 0.05) is 6.54 Å². The number of benzene rings is 1. The lowest BCUT2D eigenvalue weighted by Gasteiger charge is -2.05. The molecule has 5 heteroatoms. The number of hydrogen-bond acceptors (Lipinski definition) is 3. The van der Waals surface area contributed by atoms with Crippen LogP contribution < -0.4 is 11.1 Å². The molecular formula is C11H12FN3O. The minimum Gasteiger partial charge on any atom is -0.352 e. The van der Waals surface area contributed by atoms with E-state index in [1.54, 1.807) is 6.07 Å². The molecule has 0 radical (unpaired) electrons. The van der Waals surface area contributed by atoms with Gasteiger partial charge in [-0.25, -0.2) is 4.39 Å². The van der Waals surface area contributed by atoms with Crippen LogP contribution in [0.15, 0.2) is 18.2 Å². The van der Waals surface area contributed by atoms with E-state index in [4.69, 9.17) is 11.0 Å². The number of halogens is 1. The van der Waals surface area contributed by atoms with E-state index in [0.717, 1.165) is 6.07 Å². The molecule has 1 aromatic carbocycles. The smallest absolute Gasteiger partial charge is 0.254 e. The number of nitriles is 1. The molecule has 0 aliphatic heterocycles. The minimum atomic E-state index is -0.690. The summed E-state index contributed by atoms with van der Waals surface area (Å²) in [7, 11) is 0. The van der Waals surface area contributed by atoms with Gasteiger partial charge in [-0.3, -0.25) is 4.79 Å². The summed E-state index contributed by atoms with van der Waals surface area (Å²) in [5, 5.41) is 11.1. The van der Waals surface area contributed by atoms with Crippen molar-refractivity contribution < 1.29 is 9.18 Å². The van der Waals surface area contributed by atoms with Crippen molar-refractivity contribution in [3.8, 4) is 6.07 Å². The Balaban J connectivity index is 2.73. The predicted molar refractivity (Wildman–Crippen MR) is 57.1 cm³/mol. The molecule has 1 amide bonds. The maximum atomic E-state index is 13.4. The van der Waals surface area contributed by atoms with E-state index < -0.39 is 11.7 Å². The van der Waals surface area contributed by atoms with Crippen LogP contribution in [0.1, 0.15) is 22.3 Å². The molecule has 0 saturated heterocycles. The molecule has 0 atom stereocenters. The average molecular weight is 221 g/mol. The lowest BCUT2D eigenvalue weighted by molar-refractivity contribution is 0.0949. The Bertz CT molecular complexity index is 426. The normalized spacial score (nSPS) is 9.56. The molecule has 0 saturated carbocycles. The zero-order chi connectivity index (χ0) is 12.0. The monoisotopic (exact) mass is 221 g/mol. The Labute approximate surface area is 92.9 Å². The van der Waals surface area contributed by atoms with Crippen molar-refractivity contribution in [2.45, 2.75) is 6.42 Å². The average Bonchev–Trinajstić information content (AvgIpc) is 2.29. The van der Waals surface area contributed by atoms with Gasteiger partial charge in [-0.05, 0) is 31.2 Å². The largest absolute Gasteiger partial charge is 0.352 e. The fraction of sp³-hybridized carbons (Fsp3) is 0.273. The zero-order valence-corrected chi connectivity index (χ0v) is 8.66. The maximum Gasteiger partial charge on any atom is 0.254 e. The topological polar surface area (TPSA) is 78.9 Å². The Morgan fingerprint density at radius 2 is 2.31 bits per heavy atom. The third kappa shape index (κ3) is 3.04. The summed E-state index contributed by atoms with van der Waals surface area (Å²) in [5.41, 5.74) is 5.39. The third-order valence-electron chi connectivity index (χ3n) is 2.01. The number of rotatable bonds is 4. The molecule has 0 aliphatic rings. The zero-order valence-electron chi connectivity index (χ0n) is 8.66. The molecule has 4 nitrogen and oxygen atoms in total. The lowest BCUT2D eigenvalue weighted by atomic mass is 10.1. The highest BCUT2D eigenvalue weighted by molar-refractivity contribution is 5.94. The van der Waals surface area contributed by atoms with Crippen LogP contribution in [0.2, 0.25) is 0 Å². The molecule has 1 aromatic rings. The van der Waals surface area contributed by atoms with Gasteiger partial charge in [0.25, 0.3) is 5.91 Å². The first-order valence-electron chi connectivity index (χ1n) is 4.87. The molecule has 16 heavy (non-hydrogen) atoms. The van der Waals surface area contributed by atoms with Crippen LogP contribution in [0, 0.1) is 17.1 Å². The van der Waals surface area contributed by atoms with Gasteiger partial charge in [-0.2, -0.15) is 5.26 Å². The fourth-order valence-electron chi connectivity index (χ4n) is 1.17. The number of amides is 1. The van der Waals surface area contributed by atoms with E-state index in [0.29, 0.717) is 19.5 Å². The lowest BCUT2D eigenvalue weighted by Crippen LogP contribution is -2.26. The number of hydrogen-bond donors (Lipinski definition) is 2. The molecule has 0 heterocycles. The highest BCUT2D eigenvalue weighted by Gasteiger charge is 2.11. The second kappa shape index (κ2) is 5.83. The van der Waals surface area contributed by atoms with Gasteiger partial charge < -0.3 is 11.1 Å². The molecular weight excluding hydrogens is 209 g/mol. The number of nitrogens with two attached hydrogens (primary N) is 1. The molecule has 1 rings (SSSR count). The Kier molecular flexibility index (Phi) is 4.42. The van der Waals surface area contributed by atoms with E-state index in [1.807, 2.05) is 0 Å². The summed E-state index contributed by atoms with van der Waals surface area (Å²) >= 11 is 0. The van der Waals surface area contributed by atoms with Gasteiger partial charge in [0.15, 0.2) is 0 Å². The molecule has 0 fully saturated rings. The van der Waals surface area contributed by atoms with Crippen molar-refractivity contribution in [3.05, 3.63) is 35.1 Å². The molecule has 84 valence electrons. The third-order valence-corrected chi connectivity index (χ3v) is 2.01. The molecule has 0 bridgehead atoms. The summed E-state index contributed by atoms with van der Waals surface area (Å²) in [4.78, 5) is 11.5. The summed E-state index contributed by atoms with van der Waals surface area (Å²) in [6, 6.07) is 5.54. The van der Waals surface area contributed by atoms with Gasteiger partial charge in [-0.1, -0.05) is 0 Å². The molecule has 0 unspecified atom stereocenters. The minimum absolute atomic E-state index is 0.0592. The summed E-state index contributed by atoms with van der Waals surface area (Å²) in [6.45, 7) is 0.880. The number of nitrogens with one attached hydrogen (secondary N) is 1. The van der Waals surface area contributed by atoms with Crippen molar-refractivity contribution in [1.82, 2.24) is 5.32 Å². The second-order valence-corrected chi connectivity index (χ2v) is 3.20. The molecule has 0 aromatic heterocycles. The van der Waals surface area contributed by atoms with E-state index in [1.165, 1.54) is 12.1 Å². The van der Waals surface area contributed by atoms with Gasteiger partial charge in [0.1, 0.15) is 5.82 Å². The Morgan fingerprint density at radius 3 is 2.88 bits per heavy atom.